The van der Waals surface area contributed by atoms with Gasteiger partial charge in [0.05, 0.1) is 35.0 Å². The van der Waals surface area contributed by atoms with E-state index in [0.29, 0.717) is 23.5 Å². The fraction of sp³-hybridized carbons (Fsp3) is 0.263. The number of aromatic amines is 1. The van der Waals surface area contributed by atoms with Crippen LogP contribution in [-0.4, -0.2) is 33.0 Å². The second-order valence-electron chi connectivity index (χ2n) is 5.69. The van der Waals surface area contributed by atoms with Crippen LogP contribution in [0.5, 0.6) is 0 Å². The van der Waals surface area contributed by atoms with Gasteiger partial charge in [-0.05, 0) is 31.6 Å². The summed E-state index contributed by atoms with van der Waals surface area (Å²) in [7, 11) is 0. The molecule has 2 heterocycles. The lowest BCUT2D eigenvalue weighted by molar-refractivity contribution is -0.147. The van der Waals surface area contributed by atoms with Crippen LogP contribution >= 0.6 is 11.3 Å². The lowest BCUT2D eigenvalue weighted by Crippen LogP contribution is -2.28. The van der Waals surface area contributed by atoms with Crippen molar-refractivity contribution in [2.24, 2.45) is 4.99 Å². The standard InChI is InChI=1S/C19H20N4O3S/c1-3-14(18(25)26-4-2)23-15-7-5-6-8-16(15)27-19(23)22-17(24)10-9-13-11-20-12-21-13/h5-12,14H,3-4H2,1-2H3,(H,20,21)/b10-9+,22-19-. The van der Waals surface area contributed by atoms with E-state index in [1.165, 1.54) is 23.7 Å². The summed E-state index contributed by atoms with van der Waals surface area (Å²) in [5.41, 5.74) is 1.56. The topological polar surface area (TPSA) is 89.3 Å². The average molecular weight is 384 g/mol. The summed E-state index contributed by atoms with van der Waals surface area (Å²) in [5, 5.41) is 0. The number of H-pyrrole nitrogens is 1. The van der Waals surface area contributed by atoms with Crippen LogP contribution in [0.4, 0.5) is 0 Å². The molecule has 3 aromatic rings. The first-order chi connectivity index (χ1) is 13.1. The van der Waals surface area contributed by atoms with Crippen molar-refractivity contribution in [1.29, 1.82) is 0 Å². The van der Waals surface area contributed by atoms with E-state index < -0.39 is 11.9 Å². The van der Waals surface area contributed by atoms with E-state index in [1.807, 2.05) is 31.2 Å². The number of thiazole rings is 1. The van der Waals surface area contributed by atoms with Crippen molar-refractivity contribution in [3.63, 3.8) is 0 Å². The van der Waals surface area contributed by atoms with Crippen molar-refractivity contribution in [3.8, 4) is 0 Å². The maximum atomic E-state index is 12.4. The zero-order chi connectivity index (χ0) is 19.2. The molecular formula is C19H20N4O3S. The largest absolute Gasteiger partial charge is 0.464 e. The van der Waals surface area contributed by atoms with Crippen molar-refractivity contribution in [1.82, 2.24) is 14.5 Å². The Morgan fingerprint density at radius 2 is 2.19 bits per heavy atom. The van der Waals surface area contributed by atoms with Crippen LogP contribution in [0.25, 0.3) is 16.3 Å². The van der Waals surface area contributed by atoms with Gasteiger partial charge in [-0.2, -0.15) is 4.99 Å². The Morgan fingerprint density at radius 3 is 2.89 bits per heavy atom. The average Bonchev–Trinajstić information content (AvgIpc) is 3.29. The molecule has 1 N–H and O–H groups in total. The summed E-state index contributed by atoms with van der Waals surface area (Å²) < 4.78 is 7.96. The highest BCUT2D eigenvalue weighted by Gasteiger charge is 2.23. The number of benzene rings is 1. The second-order valence-corrected chi connectivity index (χ2v) is 6.70. The minimum Gasteiger partial charge on any atom is -0.464 e. The maximum Gasteiger partial charge on any atom is 0.329 e. The molecule has 27 heavy (non-hydrogen) atoms. The molecule has 1 aromatic carbocycles. The monoisotopic (exact) mass is 384 g/mol. The first-order valence-corrected chi connectivity index (χ1v) is 9.47. The predicted octanol–water partition coefficient (Wildman–Crippen LogP) is 3.08. The Labute approximate surface area is 160 Å². The number of hydrogen-bond acceptors (Lipinski definition) is 5. The van der Waals surface area contributed by atoms with Gasteiger partial charge < -0.3 is 14.3 Å². The van der Waals surface area contributed by atoms with Gasteiger partial charge in [0, 0.05) is 6.08 Å². The molecule has 0 bridgehead atoms. The summed E-state index contributed by atoms with van der Waals surface area (Å²) >= 11 is 1.37. The lowest BCUT2D eigenvalue weighted by atomic mass is 10.2. The predicted molar refractivity (Wildman–Crippen MR) is 104 cm³/mol. The summed E-state index contributed by atoms with van der Waals surface area (Å²) in [6, 6.07) is 7.13. The van der Waals surface area contributed by atoms with Gasteiger partial charge in [-0.1, -0.05) is 30.4 Å². The number of fused-ring (bicyclic) bond motifs is 1. The number of carbonyl (C=O) groups is 2. The van der Waals surface area contributed by atoms with Gasteiger partial charge >= 0.3 is 5.97 Å². The molecule has 2 aromatic heterocycles. The smallest absolute Gasteiger partial charge is 0.329 e. The first-order valence-electron chi connectivity index (χ1n) is 8.65. The van der Waals surface area contributed by atoms with Gasteiger partial charge in [0.15, 0.2) is 4.80 Å². The number of amides is 1. The Bertz CT molecular complexity index is 1030. The van der Waals surface area contributed by atoms with E-state index in [4.69, 9.17) is 4.74 Å². The fourth-order valence-corrected chi connectivity index (χ4v) is 3.79. The molecule has 1 unspecified atom stereocenters. The second kappa shape index (κ2) is 8.59. The van der Waals surface area contributed by atoms with Crippen molar-refractivity contribution in [2.75, 3.05) is 6.61 Å². The Balaban J connectivity index is 2.06. The number of aromatic nitrogens is 3. The molecule has 7 nitrogen and oxygen atoms in total. The molecule has 0 fully saturated rings. The zero-order valence-corrected chi connectivity index (χ0v) is 15.9. The molecule has 1 atom stereocenters. The normalized spacial score (nSPS) is 13.3. The minimum absolute atomic E-state index is 0.302. The highest BCUT2D eigenvalue weighted by Crippen LogP contribution is 2.23. The Kier molecular flexibility index (Phi) is 5.97. The molecule has 3 rings (SSSR count). The molecule has 0 aliphatic rings. The van der Waals surface area contributed by atoms with Gasteiger partial charge in [0.1, 0.15) is 6.04 Å². The third-order valence-corrected chi connectivity index (χ3v) is 4.96. The van der Waals surface area contributed by atoms with Crippen LogP contribution in [0.2, 0.25) is 0 Å². The lowest BCUT2D eigenvalue weighted by Gasteiger charge is -2.16. The van der Waals surface area contributed by atoms with Gasteiger partial charge in [-0.3, -0.25) is 4.79 Å². The van der Waals surface area contributed by atoms with Crippen molar-refractivity contribution in [2.45, 2.75) is 26.3 Å². The summed E-state index contributed by atoms with van der Waals surface area (Å²) in [6.45, 7) is 3.98. The van der Waals surface area contributed by atoms with Gasteiger partial charge in [0.25, 0.3) is 5.91 Å². The number of hydrogen-bond donors (Lipinski definition) is 1. The molecule has 1 amide bonds. The van der Waals surface area contributed by atoms with E-state index in [1.54, 1.807) is 23.8 Å². The van der Waals surface area contributed by atoms with E-state index >= 15 is 0 Å². The summed E-state index contributed by atoms with van der Waals surface area (Å²) in [4.78, 5) is 36.3. The van der Waals surface area contributed by atoms with E-state index in [9.17, 15) is 9.59 Å². The van der Waals surface area contributed by atoms with Gasteiger partial charge in [0.2, 0.25) is 0 Å². The quantitative estimate of drug-likeness (QED) is 0.522. The Hall–Kier alpha value is -3.00. The van der Waals surface area contributed by atoms with Crippen LogP contribution in [-0.2, 0) is 14.3 Å². The highest BCUT2D eigenvalue weighted by molar-refractivity contribution is 7.16. The molecule has 140 valence electrons. The highest BCUT2D eigenvalue weighted by atomic mass is 32.1. The zero-order valence-electron chi connectivity index (χ0n) is 15.1. The number of imidazole rings is 1. The van der Waals surface area contributed by atoms with E-state index in [-0.39, 0.29) is 5.97 Å². The van der Waals surface area contributed by atoms with Crippen LogP contribution < -0.4 is 4.80 Å². The number of esters is 1. The van der Waals surface area contributed by atoms with E-state index in [2.05, 4.69) is 15.0 Å². The first kappa shape index (κ1) is 18.8. The number of nitrogens with one attached hydrogen (secondary N) is 1. The van der Waals surface area contributed by atoms with Crippen LogP contribution in [0.1, 0.15) is 32.0 Å². The molecule has 0 radical (unpaired) electrons. The third-order valence-electron chi connectivity index (χ3n) is 3.92. The molecule has 0 spiro atoms. The minimum atomic E-state index is -0.538. The maximum absolute atomic E-state index is 12.4. The van der Waals surface area contributed by atoms with Crippen molar-refractivity contribution < 1.29 is 14.3 Å². The molecule has 0 saturated heterocycles. The number of rotatable bonds is 6. The number of carbonyl (C=O) groups excluding carboxylic acids is 2. The van der Waals surface area contributed by atoms with Gasteiger partial charge in [-0.15, -0.1) is 0 Å². The van der Waals surface area contributed by atoms with Crippen LogP contribution in [0.15, 0.2) is 47.9 Å². The van der Waals surface area contributed by atoms with Gasteiger partial charge in [-0.25, -0.2) is 9.78 Å². The Morgan fingerprint density at radius 1 is 1.37 bits per heavy atom. The number of ether oxygens (including phenoxy) is 1. The SMILES string of the molecule is CCOC(=O)C(CC)n1/c(=N/C(=O)/C=C/c2cnc[nH]2)sc2ccccc21. The van der Waals surface area contributed by atoms with Crippen LogP contribution in [0, 0.1) is 0 Å². The van der Waals surface area contributed by atoms with Crippen molar-refractivity contribution in [3.05, 3.63) is 53.4 Å². The molecular weight excluding hydrogens is 364 g/mol. The third kappa shape index (κ3) is 4.22. The number of para-hydroxylation sites is 1. The van der Waals surface area contributed by atoms with E-state index in [0.717, 1.165) is 10.2 Å². The van der Waals surface area contributed by atoms with Crippen molar-refractivity contribution >= 4 is 39.5 Å². The number of nitrogens with zero attached hydrogens (tertiary/aromatic N) is 3. The molecule has 8 heteroatoms. The molecule has 0 aliphatic heterocycles. The molecule has 0 saturated carbocycles. The fourth-order valence-electron chi connectivity index (χ4n) is 2.71. The van der Waals surface area contributed by atoms with Crippen LogP contribution in [0.3, 0.4) is 0 Å². The summed E-state index contributed by atoms with van der Waals surface area (Å²) in [5.74, 6) is -0.742. The molecule has 0 aliphatic carbocycles. The summed E-state index contributed by atoms with van der Waals surface area (Å²) in [6.07, 6.45) is 6.65.